The molecule has 0 radical (unpaired) electrons. The highest BCUT2D eigenvalue weighted by atomic mass is 79.9. The van der Waals surface area contributed by atoms with Crippen molar-refractivity contribution in [3.63, 3.8) is 0 Å². The molecule has 0 spiro atoms. The molecular formula is C19H9BrF5N5O. The molecule has 2 aromatic heterocycles. The van der Waals surface area contributed by atoms with Gasteiger partial charge in [0, 0.05) is 16.1 Å². The van der Waals surface area contributed by atoms with Crippen LogP contribution in [0.3, 0.4) is 0 Å². The summed E-state index contributed by atoms with van der Waals surface area (Å²) < 4.78 is 68.3. The third kappa shape index (κ3) is 4.10. The molecule has 1 amide bonds. The molecule has 6 nitrogen and oxygen atoms in total. The second-order valence-electron chi connectivity index (χ2n) is 6.24. The van der Waals surface area contributed by atoms with Gasteiger partial charge in [0.1, 0.15) is 5.82 Å². The lowest BCUT2D eigenvalue weighted by molar-refractivity contribution is -0.142. The molecule has 0 bridgehead atoms. The van der Waals surface area contributed by atoms with E-state index in [1.165, 1.54) is 0 Å². The molecule has 0 saturated carbocycles. The molecule has 0 aliphatic carbocycles. The van der Waals surface area contributed by atoms with Crippen LogP contribution < -0.4 is 5.32 Å². The highest BCUT2D eigenvalue weighted by molar-refractivity contribution is 9.10. The van der Waals surface area contributed by atoms with E-state index in [1.54, 1.807) is 30.3 Å². The largest absolute Gasteiger partial charge is 0.433 e. The minimum absolute atomic E-state index is 0.0212. The maximum atomic E-state index is 14.0. The number of fused-ring (bicyclic) bond motifs is 1. The van der Waals surface area contributed by atoms with Crippen molar-refractivity contribution in [1.29, 1.82) is 0 Å². The molecule has 4 aromatic rings. The molecular weight excluding hydrogens is 489 g/mol. The van der Waals surface area contributed by atoms with Gasteiger partial charge < -0.3 is 5.32 Å². The fourth-order valence-corrected chi connectivity index (χ4v) is 3.26. The van der Waals surface area contributed by atoms with E-state index < -0.39 is 46.7 Å². The van der Waals surface area contributed by atoms with Crippen LogP contribution in [0.2, 0.25) is 0 Å². The highest BCUT2D eigenvalue weighted by Gasteiger charge is 2.36. The average Bonchev–Trinajstić information content (AvgIpc) is 3.14. The SMILES string of the molecule is O=C(Nc1c(F)cc(F)cc1Br)c1nc2nc(-c3ccccc3)cc(C(F)(F)F)n2n1. The number of carbonyl (C=O) groups is 1. The number of nitrogens with one attached hydrogen (secondary N) is 1. The predicted molar refractivity (Wildman–Crippen MR) is 103 cm³/mol. The number of amides is 1. The molecule has 0 atom stereocenters. The van der Waals surface area contributed by atoms with Crippen molar-refractivity contribution in [2.75, 3.05) is 5.32 Å². The maximum Gasteiger partial charge on any atom is 0.433 e. The van der Waals surface area contributed by atoms with Crippen LogP contribution >= 0.6 is 15.9 Å². The fraction of sp³-hybridized carbons (Fsp3) is 0.0526. The first kappa shape index (κ1) is 20.8. The Morgan fingerprint density at radius 2 is 1.74 bits per heavy atom. The molecule has 0 saturated heterocycles. The summed E-state index contributed by atoms with van der Waals surface area (Å²) in [4.78, 5) is 20.3. The number of alkyl halides is 3. The van der Waals surface area contributed by atoms with Crippen molar-refractivity contribution in [2.24, 2.45) is 0 Å². The number of rotatable bonds is 3. The standard InChI is InChI=1S/C19H9BrF5N5O/c20-11-6-10(21)7-12(22)15(11)27-17(31)16-28-18-26-13(9-4-2-1-3-5-9)8-14(19(23,24)25)30(18)29-16/h1-8H,(H,27,31). The molecule has 0 unspecified atom stereocenters. The lowest BCUT2D eigenvalue weighted by atomic mass is 10.1. The van der Waals surface area contributed by atoms with Gasteiger partial charge in [0.05, 0.1) is 11.4 Å². The molecule has 0 aliphatic heterocycles. The van der Waals surface area contributed by atoms with Crippen molar-refractivity contribution in [3.8, 4) is 11.3 Å². The van der Waals surface area contributed by atoms with E-state index in [4.69, 9.17) is 0 Å². The van der Waals surface area contributed by atoms with Crippen LogP contribution in [0, 0.1) is 11.6 Å². The number of nitrogens with zero attached hydrogens (tertiary/aromatic N) is 4. The van der Waals surface area contributed by atoms with Gasteiger partial charge in [-0.15, -0.1) is 5.10 Å². The average molecular weight is 498 g/mol. The van der Waals surface area contributed by atoms with Gasteiger partial charge in [-0.25, -0.2) is 13.8 Å². The number of hydrogen-bond acceptors (Lipinski definition) is 4. The third-order valence-corrected chi connectivity index (χ3v) is 4.75. The Labute approximate surface area is 178 Å². The number of hydrogen-bond donors (Lipinski definition) is 1. The first-order valence-electron chi connectivity index (χ1n) is 8.50. The number of aromatic nitrogens is 4. The monoisotopic (exact) mass is 497 g/mol. The second-order valence-corrected chi connectivity index (χ2v) is 7.09. The quantitative estimate of drug-likeness (QED) is 0.399. The zero-order valence-electron chi connectivity index (χ0n) is 15.1. The van der Waals surface area contributed by atoms with Gasteiger partial charge in [-0.1, -0.05) is 30.3 Å². The summed E-state index contributed by atoms with van der Waals surface area (Å²) in [5.41, 5.74) is -1.23. The first-order chi connectivity index (χ1) is 14.6. The van der Waals surface area contributed by atoms with Crippen LogP contribution in [0.1, 0.15) is 16.3 Å². The van der Waals surface area contributed by atoms with Crippen LogP contribution in [-0.2, 0) is 6.18 Å². The summed E-state index contributed by atoms with van der Waals surface area (Å²) in [6.07, 6.45) is -4.82. The van der Waals surface area contributed by atoms with Crippen LogP contribution in [0.15, 0.2) is 53.0 Å². The molecule has 2 heterocycles. The van der Waals surface area contributed by atoms with Gasteiger partial charge in [0.15, 0.2) is 11.5 Å². The lowest BCUT2D eigenvalue weighted by Crippen LogP contribution is -2.17. The Bertz CT molecular complexity index is 1280. The van der Waals surface area contributed by atoms with Crippen molar-refractivity contribution in [1.82, 2.24) is 19.6 Å². The van der Waals surface area contributed by atoms with Crippen molar-refractivity contribution in [3.05, 3.63) is 76.2 Å². The number of anilines is 1. The van der Waals surface area contributed by atoms with E-state index in [-0.39, 0.29) is 10.2 Å². The summed E-state index contributed by atoms with van der Waals surface area (Å²) in [7, 11) is 0. The summed E-state index contributed by atoms with van der Waals surface area (Å²) in [5.74, 6) is -4.24. The molecule has 158 valence electrons. The van der Waals surface area contributed by atoms with Crippen LogP contribution in [0.25, 0.3) is 17.0 Å². The summed E-state index contributed by atoms with van der Waals surface area (Å²) in [6, 6.07) is 10.3. The molecule has 0 fully saturated rings. The topological polar surface area (TPSA) is 72.2 Å². The number of halogens is 6. The van der Waals surface area contributed by atoms with Crippen molar-refractivity contribution in [2.45, 2.75) is 6.18 Å². The Kier molecular flexibility index (Phi) is 5.17. The van der Waals surface area contributed by atoms with Gasteiger partial charge in [0.2, 0.25) is 5.82 Å². The van der Waals surface area contributed by atoms with E-state index in [1.807, 2.05) is 0 Å². The van der Waals surface area contributed by atoms with E-state index in [9.17, 15) is 26.7 Å². The number of carbonyl (C=O) groups excluding carboxylic acids is 1. The molecule has 31 heavy (non-hydrogen) atoms. The Morgan fingerprint density at radius 1 is 1.03 bits per heavy atom. The van der Waals surface area contributed by atoms with Crippen LogP contribution in [0.4, 0.5) is 27.6 Å². The molecule has 2 aromatic carbocycles. The van der Waals surface area contributed by atoms with Gasteiger partial charge >= 0.3 is 6.18 Å². The van der Waals surface area contributed by atoms with Gasteiger partial charge in [-0.2, -0.15) is 22.7 Å². The predicted octanol–water partition coefficient (Wildman–Crippen LogP) is 5.10. The van der Waals surface area contributed by atoms with Crippen molar-refractivity contribution >= 4 is 33.3 Å². The van der Waals surface area contributed by atoms with E-state index in [0.29, 0.717) is 16.1 Å². The minimum atomic E-state index is -4.82. The maximum absolute atomic E-state index is 14.0. The van der Waals surface area contributed by atoms with Gasteiger partial charge in [-0.3, -0.25) is 4.79 Å². The van der Waals surface area contributed by atoms with Crippen molar-refractivity contribution < 1.29 is 26.7 Å². The molecule has 12 heteroatoms. The zero-order valence-corrected chi connectivity index (χ0v) is 16.7. The highest BCUT2D eigenvalue weighted by Crippen LogP contribution is 2.32. The summed E-state index contributed by atoms with van der Waals surface area (Å²) in [5, 5.41) is 5.70. The second kappa shape index (κ2) is 7.69. The Balaban J connectivity index is 1.79. The normalized spacial score (nSPS) is 11.7. The summed E-state index contributed by atoms with van der Waals surface area (Å²) >= 11 is 2.90. The summed E-state index contributed by atoms with van der Waals surface area (Å²) in [6.45, 7) is 0. The lowest BCUT2D eigenvalue weighted by Gasteiger charge is -2.10. The molecule has 0 aliphatic rings. The smallest absolute Gasteiger partial charge is 0.316 e. The number of benzene rings is 2. The molecule has 4 rings (SSSR count). The minimum Gasteiger partial charge on any atom is -0.316 e. The Morgan fingerprint density at radius 3 is 2.39 bits per heavy atom. The van der Waals surface area contributed by atoms with Crippen LogP contribution in [-0.4, -0.2) is 25.5 Å². The van der Waals surface area contributed by atoms with E-state index in [0.717, 1.165) is 12.1 Å². The zero-order chi connectivity index (χ0) is 22.3. The van der Waals surface area contributed by atoms with Crippen LogP contribution in [0.5, 0.6) is 0 Å². The van der Waals surface area contributed by atoms with E-state index >= 15 is 0 Å². The van der Waals surface area contributed by atoms with Gasteiger partial charge in [-0.05, 0) is 28.1 Å². The van der Waals surface area contributed by atoms with Gasteiger partial charge in [0.25, 0.3) is 11.7 Å². The Hall–Kier alpha value is -3.41. The third-order valence-electron chi connectivity index (χ3n) is 4.12. The first-order valence-corrected chi connectivity index (χ1v) is 9.29. The van der Waals surface area contributed by atoms with E-state index in [2.05, 4.69) is 36.3 Å². The fourth-order valence-electron chi connectivity index (χ4n) is 2.75. The molecule has 1 N–H and O–H groups in total.